The van der Waals surface area contributed by atoms with Crippen LogP contribution in [0.3, 0.4) is 0 Å². The van der Waals surface area contributed by atoms with Gasteiger partial charge in [-0.3, -0.25) is 4.79 Å². The minimum absolute atomic E-state index is 0.00498. The quantitative estimate of drug-likeness (QED) is 0.209. The summed E-state index contributed by atoms with van der Waals surface area (Å²) in [6, 6.07) is 6.27. The van der Waals surface area contributed by atoms with Crippen LogP contribution in [0.4, 0.5) is 4.39 Å². The molecule has 0 N–H and O–H groups in total. The molecule has 3 aliphatic carbocycles. The maximum atomic E-state index is 15.3. The summed E-state index contributed by atoms with van der Waals surface area (Å²) < 4.78 is 15.3. The van der Waals surface area contributed by atoms with Crippen LogP contribution in [0.1, 0.15) is 139 Å². The third-order valence-corrected chi connectivity index (χ3v) is 10.8. The van der Waals surface area contributed by atoms with Crippen molar-refractivity contribution in [2.24, 2.45) is 23.7 Å². The molecule has 3 heteroatoms. The van der Waals surface area contributed by atoms with E-state index in [-0.39, 0.29) is 11.7 Å². The fraction of sp³-hybridized carbons (Fsp3) is 0.743. The molecule has 212 valence electrons. The van der Waals surface area contributed by atoms with E-state index in [9.17, 15) is 4.79 Å². The number of carbonyl (C=O) groups excluding carboxylic acids is 1. The summed E-state index contributed by atoms with van der Waals surface area (Å²) in [5, 5.41) is 0. The van der Waals surface area contributed by atoms with Crippen LogP contribution in [0.5, 0.6) is 0 Å². The second-order valence-electron chi connectivity index (χ2n) is 13.1. The van der Waals surface area contributed by atoms with Crippen molar-refractivity contribution < 1.29 is 9.18 Å². The molecule has 1 aromatic carbocycles. The first-order chi connectivity index (χ1) is 18.5. The summed E-state index contributed by atoms with van der Waals surface area (Å²) in [4.78, 5) is 13.5. The van der Waals surface area contributed by atoms with Gasteiger partial charge in [-0.2, -0.15) is 0 Å². The van der Waals surface area contributed by atoms with E-state index in [0.29, 0.717) is 17.8 Å². The maximum absolute atomic E-state index is 15.3. The number of nitrogens with zero attached hydrogens (tertiary/aromatic N) is 1. The standard InChI is InChI=1S/C35H54FNO/c1-4-6-7-8-26-9-13-28(14-10-26)29-17-19-30(20-18-29)32-21-22-33(34(36)25-32)31-15-11-27(12-16-31)23-24-37(3)35(38)5-2/h5,21-22,25-31H,2,4,6-20,23-24H2,1,3H3. The van der Waals surface area contributed by atoms with Crippen molar-refractivity contribution in [3.8, 4) is 0 Å². The zero-order valence-electron chi connectivity index (χ0n) is 24.4. The summed E-state index contributed by atoms with van der Waals surface area (Å²) in [7, 11) is 1.85. The fourth-order valence-electron chi connectivity index (χ4n) is 8.09. The Labute approximate surface area is 232 Å². The molecule has 0 spiro atoms. The van der Waals surface area contributed by atoms with Crippen molar-refractivity contribution in [2.45, 2.75) is 128 Å². The molecule has 0 aromatic heterocycles. The van der Waals surface area contributed by atoms with Crippen molar-refractivity contribution in [1.29, 1.82) is 0 Å². The molecule has 1 aromatic rings. The number of unbranched alkanes of at least 4 members (excludes halogenated alkanes) is 2. The molecular weight excluding hydrogens is 469 g/mol. The molecule has 0 radical (unpaired) electrons. The molecule has 0 saturated heterocycles. The fourth-order valence-corrected chi connectivity index (χ4v) is 8.09. The largest absolute Gasteiger partial charge is 0.342 e. The Balaban J connectivity index is 1.20. The van der Waals surface area contributed by atoms with Crippen molar-refractivity contribution in [1.82, 2.24) is 4.90 Å². The third-order valence-electron chi connectivity index (χ3n) is 10.8. The van der Waals surface area contributed by atoms with Crippen LogP contribution in [0.2, 0.25) is 0 Å². The highest BCUT2D eigenvalue weighted by molar-refractivity contribution is 5.86. The van der Waals surface area contributed by atoms with Gasteiger partial charge in [0, 0.05) is 13.6 Å². The summed E-state index contributed by atoms with van der Waals surface area (Å²) in [5.74, 6) is 4.43. The minimum atomic E-state index is -0.00498. The first-order valence-corrected chi connectivity index (χ1v) is 16.1. The highest BCUT2D eigenvalue weighted by Gasteiger charge is 2.32. The van der Waals surface area contributed by atoms with Gasteiger partial charge in [-0.15, -0.1) is 0 Å². The molecule has 0 heterocycles. The number of benzene rings is 1. The normalized spacial score (nSPS) is 30.1. The van der Waals surface area contributed by atoms with Crippen molar-refractivity contribution in [3.05, 3.63) is 47.8 Å². The number of rotatable bonds is 11. The van der Waals surface area contributed by atoms with Crippen LogP contribution in [-0.2, 0) is 4.79 Å². The molecule has 3 fully saturated rings. The second-order valence-corrected chi connectivity index (χ2v) is 13.1. The minimum Gasteiger partial charge on any atom is -0.342 e. The summed E-state index contributed by atoms with van der Waals surface area (Å²) in [6.45, 7) is 6.66. The highest BCUT2D eigenvalue weighted by Crippen LogP contribution is 2.45. The number of halogens is 1. The molecule has 3 saturated carbocycles. The lowest BCUT2D eigenvalue weighted by atomic mass is 9.68. The van der Waals surface area contributed by atoms with Gasteiger partial charge in [-0.05, 0) is 129 Å². The van der Waals surface area contributed by atoms with Gasteiger partial charge in [-0.1, -0.05) is 64.2 Å². The molecular formula is C35H54FNO. The number of hydrogen-bond donors (Lipinski definition) is 0. The lowest BCUT2D eigenvalue weighted by Gasteiger charge is -2.38. The Bertz CT molecular complexity index is 872. The third kappa shape index (κ3) is 7.95. The number of amides is 1. The maximum Gasteiger partial charge on any atom is 0.245 e. The van der Waals surface area contributed by atoms with Crippen LogP contribution in [0.15, 0.2) is 30.9 Å². The van der Waals surface area contributed by atoms with Gasteiger partial charge in [-0.25, -0.2) is 4.39 Å². The van der Waals surface area contributed by atoms with E-state index in [2.05, 4.69) is 25.6 Å². The molecule has 2 nitrogen and oxygen atoms in total. The van der Waals surface area contributed by atoms with Gasteiger partial charge in [0.25, 0.3) is 0 Å². The van der Waals surface area contributed by atoms with E-state index in [4.69, 9.17) is 0 Å². The zero-order chi connectivity index (χ0) is 26.9. The van der Waals surface area contributed by atoms with Gasteiger partial charge in [0.05, 0.1) is 0 Å². The Kier molecular flexibility index (Phi) is 11.3. The first kappa shape index (κ1) is 29.3. The lowest BCUT2D eigenvalue weighted by Crippen LogP contribution is -2.28. The molecule has 1 amide bonds. The van der Waals surface area contributed by atoms with Crippen LogP contribution in [0.25, 0.3) is 0 Å². The number of carbonyl (C=O) groups is 1. The van der Waals surface area contributed by atoms with Gasteiger partial charge < -0.3 is 4.90 Å². The number of hydrogen-bond acceptors (Lipinski definition) is 1. The molecule has 0 bridgehead atoms. The van der Waals surface area contributed by atoms with Crippen LogP contribution < -0.4 is 0 Å². The van der Waals surface area contributed by atoms with E-state index >= 15 is 4.39 Å². The van der Waals surface area contributed by atoms with Crippen molar-refractivity contribution >= 4 is 5.91 Å². The topological polar surface area (TPSA) is 20.3 Å². The Morgan fingerprint density at radius 2 is 1.45 bits per heavy atom. The zero-order valence-corrected chi connectivity index (χ0v) is 24.4. The average Bonchev–Trinajstić information content (AvgIpc) is 2.96. The van der Waals surface area contributed by atoms with Crippen LogP contribution in [-0.4, -0.2) is 24.4 Å². The average molecular weight is 524 g/mol. The van der Waals surface area contributed by atoms with Gasteiger partial charge >= 0.3 is 0 Å². The first-order valence-electron chi connectivity index (χ1n) is 16.1. The summed E-state index contributed by atoms with van der Waals surface area (Å²) in [6.07, 6.45) is 23.5. The molecule has 3 aliphatic rings. The van der Waals surface area contributed by atoms with Crippen LogP contribution >= 0.6 is 0 Å². The Morgan fingerprint density at radius 3 is 2.05 bits per heavy atom. The molecule has 4 rings (SSSR count). The smallest absolute Gasteiger partial charge is 0.245 e. The molecule has 0 aliphatic heterocycles. The van der Waals surface area contributed by atoms with E-state index in [1.54, 1.807) is 4.90 Å². The van der Waals surface area contributed by atoms with E-state index in [1.807, 2.05) is 13.1 Å². The second kappa shape index (κ2) is 14.7. The van der Waals surface area contributed by atoms with Gasteiger partial charge in [0.15, 0.2) is 0 Å². The number of likely N-dealkylation sites (N-methyl/N-ethyl adjacent to an activating group) is 1. The Hall–Kier alpha value is -1.64. The SMILES string of the molecule is C=CC(=O)N(C)CCC1CCC(c2ccc(C3CCC(C4CCC(CCCCC)CC4)CC3)cc2F)CC1. The predicted molar refractivity (Wildman–Crippen MR) is 158 cm³/mol. The lowest BCUT2D eigenvalue weighted by molar-refractivity contribution is -0.124. The van der Waals surface area contributed by atoms with Gasteiger partial charge in [0.2, 0.25) is 5.91 Å². The monoisotopic (exact) mass is 523 g/mol. The van der Waals surface area contributed by atoms with Crippen LogP contribution in [0, 0.1) is 29.5 Å². The van der Waals surface area contributed by atoms with Gasteiger partial charge in [0.1, 0.15) is 5.82 Å². The highest BCUT2D eigenvalue weighted by atomic mass is 19.1. The Morgan fingerprint density at radius 1 is 0.868 bits per heavy atom. The van der Waals surface area contributed by atoms with Crippen molar-refractivity contribution in [2.75, 3.05) is 13.6 Å². The van der Waals surface area contributed by atoms with E-state index in [0.717, 1.165) is 62.0 Å². The van der Waals surface area contributed by atoms with E-state index < -0.39 is 0 Å². The summed E-state index contributed by atoms with van der Waals surface area (Å²) >= 11 is 0. The van der Waals surface area contributed by atoms with E-state index in [1.165, 1.54) is 88.7 Å². The molecule has 0 unspecified atom stereocenters. The van der Waals surface area contributed by atoms with Crippen molar-refractivity contribution in [3.63, 3.8) is 0 Å². The summed E-state index contributed by atoms with van der Waals surface area (Å²) in [5.41, 5.74) is 2.18. The predicted octanol–water partition coefficient (Wildman–Crippen LogP) is 9.79. The molecule has 0 atom stereocenters. The molecule has 38 heavy (non-hydrogen) atoms.